The van der Waals surface area contributed by atoms with Crippen molar-refractivity contribution >= 4 is 0 Å². The monoisotopic (exact) mass is 384 g/mol. The Hall–Kier alpha value is -0.240. The Labute approximate surface area is 167 Å². The Morgan fingerprint density at radius 1 is 0.667 bits per heavy atom. The number of likely N-dealkylation sites (tertiary alicyclic amines) is 2. The molecule has 2 fully saturated rings. The fourth-order valence-electron chi connectivity index (χ4n) is 4.43. The third kappa shape index (κ3) is 10.2. The van der Waals surface area contributed by atoms with Crippen molar-refractivity contribution in [2.75, 3.05) is 78.5 Å². The summed E-state index contributed by atoms with van der Waals surface area (Å²) < 4.78 is 0. The third-order valence-corrected chi connectivity index (χ3v) is 5.86. The quantitative estimate of drug-likeness (QED) is 0.465. The summed E-state index contributed by atoms with van der Waals surface area (Å²) in [5.41, 5.74) is 0. The second kappa shape index (κ2) is 13.1. The van der Waals surface area contributed by atoms with Crippen molar-refractivity contribution in [3.8, 4) is 0 Å². The lowest BCUT2D eigenvalue weighted by molar-refractivity contribution is 0.102. The molecule has 6 nitrogen and oxygen atoms in total. The zero-order valence-corrected chi connectivity index (χ0v) is 17.9. The van der Waals surface area contributed by atoms with Gasteiger partial charge in [0.2, 0.25) is 0 Å². The number of aliphatic hydroxyl groups excluding tert-OH is 2. The van der Waals surface area contributed by atoms with Gasteiger partial charge in [-0.1, -0.05) is 0 Å². The van der Waals surface area contributed by atoms with E-state index in [4.69, 9.17) is 0 Å². The first-order valence-corrected chi connectivity index (χ1v) is 11.3. The predicted octanol–water partition coefficient (Wildman–Crippen LogP) is 0.934. The van der Waals surface area contributed by atoms with Gasteiger partial charge in [-0.15, -0.1) is 0 Å². The number of aliphatic hydroxyl groups is 2. The van der Waals surface area contributed by atoms with Crippen molar-refractivity contribution in [1.82, 2.24) is 19.6 Å². The normalized spacial score (nSPS) is 21.6. The van der Waals surface area contributed by atoms with Crippen LogP contribution < -0.4 is 0 Å². The fraction of sp³-hybridized carbons (Fsp3) is 1.00. The van der Waals surface area contributed by atoms with Crippen molar-refractivity contribution in [1.29, 1.82) is 0 Å². The topological polar surface area (TPSA) is 53.4 Å². The Kier molecular flexibility index (Phi) is 11.2. The van der Waals surface area contributed by atoms with Crippen LogP contribution in [0.4, 0.5) is 0 Å². The number of hydrogen-bond donors (Lipinski definition) is 2. The minimum atomic E-state index is -0.271. The predicted molar refractivity (Wildman–Crippen MR) is 112 cm³/mol. The molecular formula is C21H44N4O2. The van der Waals surface area contributed by atoms with Crippen molar-refractivity contribution in [3.63, 3.8) is 0 Å². The van der Waals surface area contributed by atoms with E-state index in [1.165, 1.54) is 51.9 Å². The summed E-state index contributed by atoms with van der Waals surface area (Å²) >= 11 is 0. The minimum absolute atomic E-state index is 0.271. The van der Waals surface area contributed by atoms with Gasteiger partial charge >= 0.3 is 0 Å². The van der Waals surface area contributed by atoms with E-state index in [1.54, 1.807) is 0 Å². The smallest absolute Gasteiger partial charge is 0.0639 e. The molecule has 0 radical (unpaired) electrons. The van der Waals surface area contributed by atoms with Crippen LogP contribution in [0.15, 0.2) is 0 Å². The van der Waals surface area contributed by atoms with Gasteiger partial charge in [0.05, 0.1) is 12.2 Å². The SMILES string of the molecule is CC(O)CN(CCCN(CCN1CCCC1)CC(C)O)CCN1CCCC1. The Balaban J connectivity index is 1.70. The lowest BCUT2D eigenvalue weighted by Gasteiger charge is -2.29. The molecule has 2 heterocycles. The minimum Gasteiger partial charge on any atom is -0.392 e. The first-order valence-electron chi connectivity index (χ1n) is 11.3. The second-order valence-corrected chi connectivity index (χ2v) is 8.75. The largest absolute Gasteiger partial charge is 0.392 e. The molecule has 0 aromatic rings. The molecule has 27 heavy (non-hydrogen) atoms. The van der Waals surface area contributed by atoms with E-state index in [-0.39, 0.29) is 12.2 Å². The molecule has 160 valence electrons. The van der Waals surface area contributed by atoms with E-state index >= 15 is 0 Å². The van der Waals surface area contributed by atoms with Crippen LogP contribution in [-0.2, 0) is 0 Å². The van der Waals surface area contributed by atoms with Gasteiger partial charge in [0.15, 0.2) is 0 Å². The van der Waals surface area contributed by atoms with Crippen LogP contribution >= 0.6 is 0 Å². The molecule has 0 aromatic carbocycles. The van der Waals surface area contributed by atoms with Crippen LogP contribution in [0.25, 0.3) is 0 Å². The molecule has 0 aliphatic carbocycles. The summed E-state index contributed by atoms with van der Waals surface area (Å²) in [4.78, 5) is 9.93. The molecule has 2 aliphatic rings. The molecule has 2 N–H and O–H groups in total. The summed E-state index contributed by atoms with van der Waals surface area (Å²) in [6.45, 7) is 16.7. The highest BCUT2D eigenvalue weighted by Gasteiger charge is 2.17. The van der Waals surface area contributed by atoms with Crippen LogP contribution in [0.2, 0.25) is 0 Å². The molecule has 0 spiro atoms. The van der Waals surface area contributed by atoms with Crippen molar-refractivity contribution < 1.29 is 10.2 Å². The number of rotatable bonds is 14. The Morgan fingerprint density at radius 2 is 1.04 bits per heavy atom. The maximum absolute atomic E-state index is 9.84. The van der Waals surface area contributed by atoms with E-state index in [9.17, 15) is 10.2 Å². The highest BCUT2D eigenvalue weighted by molar-refractivity contribution is 4.72. The van der Waals surface area contributed by atoms with E-state index in [0.29, 0.717) is 0 Å². The Morgan fingerprint density at radius 3 is 1.37 bits per heavy atom. The van der Waals surface area contributed by atoms with Gasteiger partial charge in [0, 0.05) is 39.3 Å². The molecule has 2 unspecified atom stereocenters. The van der Waals surface area contributed by atoms with Gasteiger partial charge in [-0.05, 0) is 85.2 Å². The average Bonchev–Trinajstić information content (AvgIpc) is 3.30. The lowest BCUT2D eigenvalue weighted by Crippen LogP contribution is -2.41. The molecular weight excluding hydrogens is 340 g/mol. The lowest BCUT2D eigenvalue weighted by atomic mass is 10.2. The first kappa shape index (κ1) is 23.0. The average molecular weight is 385 g/mol. The summed E-state index contributed by atoms with van der Waals surface area (Å²) in [5.74, 6) is 0. The van der Waals surface area contributed by atoms with Crippen LogP contribution in [0, 0.1) is 0 Å². The van der Waals surface area contributed by atoms with Gasteiger partial charge < -0.3 is 20.0 Å². The van der Waals surface area contributed by atoms with Gasteiger partial charge in [-0.3, -0.25) is 9.80 Å². The van der Waals surface area contributed by atoms with Crippen LogP contribution in [0.1, 0.15) is 46.0 Å². The van der Waals surface area contributed by atoms with Crippen LogP contribution in [-0.4, -0.2) is 121 Å². The van der Waals surface area contributed by atoms with E-state index in [1.807, 2.05) is 13.8 Å². The summed E-state index contributed by atoms with van der Waals surface area (Å²) in [5, 5.41) is 19.7. The Bertz CT molecular complexity index is 335. The molecule has 0 amide bonds. The molecule has 6 heteroatoms. The zero-order chi connectivity index (χ0) is 19.5. The molecule has 0 aromatic heterocycles. The third-order valence-electron chi connectivity index (χ3n) is 5.86. The maximum Gasteiger partial charge on any atom is 0.0639 e. The van der Waals surface area contributed by atoms with Crippen LogP contribution in [0.3, 0.4) is 0 Å². The highest BCUT2D eigenvalue weighted by Crippen LogP contribution is 2.09. The highest BCUT2D eigenvalue weighted by atomic mass is 16.3. The van der Waals surface area contributed by atoms with Crippen molar-refractivity contribution in [2.24, 2.45) is 0 Å². The number of hydrogen-bond acceptors (Lipinski definition) is 6. The van der Waals surface area contributed by atoms with Gasteiger partial charge in [0.25, 0.3) is 0 Å². The summed E-state index contributed by atoms with van der Waals surface area (Å²) in [6, 6.07) is 0. The molecule has 2 saturated heterocycles. The van der Waals surface area contributed by atoms with Crippen molar-refractivity contribution in [2.45, 2.75) is 58.2 Å². The van der Waals surface area contributed by atoms with E-state index in [0.717, 1.165) is 58.8 Å². The van der Waals surface area contributed by atoms with Gasteiger partial charge in [0.1, 0.15) is 0 Å². The molecule has 2 atom stereocenters. The molecule has 0 bridgehead atoms. The summed E-state index contributed by atoms with van der Waals surface area (Å²) in [7, 11) is 0. The first-order chi connectivity index (χ1) is 13.0. The molecule has 0 saturated carbocycles. The fourth-order valence-corrected chi connectivity index (χ4v) is 4.43. The van der Waals surface area contributed by atoms with Crippen LogP contribution in [0.5, 0.6) is 0 Å². The van der Waals surface area contributed by atoms with E-state index in [2.05, 4.69) is 19.6 Å². The van der Waals surface area contributed by atoms with E-state index < -0.39 is 0 Å². The number of nitrogens with zero attached hydrogens (tertiary/aromatic N) is 4. The van der Waals surface area contributed by atoms with Gasteiger partial charge in [-0.2, -0.15) is 0 Å². The standard InChI is InChI=1S/C21H44N4O2/c1-20(26)18-24(16-14-22-8-3-4-9-22)12-7-13-25(19-21(2)27)17-15-23-10-5-6-11-23/h20-21,26-27H,3-19H2,1-2H3. The second-order valence-electron chi connectivity index (χ2n) is 8.75. The zero-order valence-electron chi connectivity index (χ0n) is 17.9. The molecule has 2 rings (SSSR count). The maximum atomic E-state index is 9.84. The van der Waals surface area contributed by atoms with Crippen molar-refractivity contribution in [3.05, 3.63) is 0 Å². The molecule has 2 aliphatic heterocycles. The van der Waals surface area contributed by atoms with Gasteiger partial charge in [-0.25, -0.2) is 0 Å². The summed E-state index contributed by atoms with van der Waals surface area (Å²) in [6.07, 6.45) is 5.89.